The highest BCUT2D eigenvalue weighted by atomic mass is 16.2. The van der Waals surface area contributed by atoms with Gasteiger partial charge in [0.15, 0.2) is 0 Å². The van der Waals surface area contributed by atoms with Crippen molar-refractivity contribution < 1.29 is 9.59 Å². The van der Waals surface area contributed by atoms with Crippen molar-refractivity contribution in [1.29, 1.82) is 0 Å². The number of hydrogen-bond donors (Lipinski definition) is 1. The van der Waals surface area contributed by atoms with E-state index in [1.165, 1.54) is 0 Å². The van der Waals surface area contributed by atoms with Crippen LogP contribution in [0.25, 0.3) is 0 Å². The predicted molar refractivity (Wildman–Crippen MR) is 108 cm³/mol. The summed E-state index contributed by atoms with van der Waals surface area (Å²) in [6, 6.07) is 13.4. The van der Waals surface area contributed by atoms with E-state index in [1.54, 1.807) is 11.1 Å². The number of likely N-dealkylation sites (tertiary alicyclic amines) is 1. The van der Waals surface area contributed by atoms with Gasteiger partial charge >= 0.3 is 6.03 Å². The summed E-state index contributed by atoms with van der Waals surface area (Å²) in [7, 11) is 1.83. The average molecular weight is 378 g/mol. The number of nitrogens with zero attached hydrogens (tertiary/aromatic N) is 3. The van der Waals surface area contributed by atoms with E-state index in [9.17, 15) is 9.59 Å². The number of carbonyl (C=O) groups excluding carboxylic acids is 2. The molecule has 1 aliphatic heterocycles. The first-order chi connectivity index (χ1) is 13.5. The fourth-order valence-electron chi connectivity index (χ4n) is 4.14. The van der Waals surface area contributed by atoms with Gasteiger partial charge in [0.25, 0.3) is 0 Å². The van der Waals surface area contributed by atoms with E-state index >= 15 is 0 Å². The number of benzene rings is 1. The van der Waals surface area contributed by atoms with Crippen molar-refractivity contribution in [2.45, 2.75) is 26.3 Å². The molecule has 2 atom stereocenters. The van der Waals surface area contributed by atoms with Crippen molar-refractivity contribution in [2.24, 2.45) is 11.3 Å². The number of anilines is 1. The van der Waals surface area contributed by atoms with E-state index in [2.05, 4.69) is 10.3 Å². The van der Waals surface area contributed by atoms with Gasteiger partial charge in [0, 0.05) is 43.4 Å². The molecule has 1 saturated heterocycles. The highest BCUT2D eigenvalue weighted by molar-refractivity contribution is 5.90. The van der Waals surface area contributed by atoms with E-state index in [1.807, 2.05) is 61.3 Å². The van der Waals surface area contributed by atoms with Crippen LogP contribution in [-0.2, 0) is 11.3 Å². The molecule has 1 N–H and O–H groups in total. The van der Waals surface area contributed by atoms with E-state index in [-0.39, 0.29) is 23.3 Å². The quantitative estimate of drug-likeness (QED) is 0.888. The summed E-state index contributed by atoms with van der Waals surface area (Å²) in [6.45, 7) is 3.89. The van der Waals surface area contributed by atoms with E-state index in [0.717, 1.165) is 29.8 Å². The lowest BCUT2D eigenvalue weighted by Crippen LogP contribution is -2.34. The van der Waals surface area contributed by atoms with Gasteiger partial charge in [0.2, 0.25) is 5.91 Å². The standard InChI is InChI=1S/C22H26N4O2/c1-16-6-8-17(9-7-16)24-21(28)26-12-10-22(15-26)13-19(22)20(27)25(2)14-18-5-3-4-11-23-18/h3-9,11,19H,10,12-15H2,1-2H3,(H,24,28)/t19-,22+/m1/s1. The smallest absolute Gasteiger partial charge is 0.321 e. The highest BCUT2D eigenvalue weighted by Crippen LogP contribution is 2.59. The summed E-state index contributed by atoms with van der Waals surface area (Å²) >= 11 is 0. The predicted octanol–water partition coefficient (Wildman–Crippen LogP) is 3.29. The molecular weight excluding hydrogens is 352 g/mol. The molecule has 0 radical (unpaired) electrons. The molecule has 28 heavy (non-hydrogen) atoms. The van der Waals surface area contributed by atoms with Crippen LogP contribution in [0.4, 0.5) is 10.5 Å². The molecule has 2 heterocycles. The van der Waals surface area contributed by atoms with Gasteiger partial charge in [0.05, 0.1) is 12.2 Å². The maximum absolute atomic E-state index is 12.8. The fraction of sp³-hybridized carbons (Fsp3) is 0.409. The second kappa shape index (κ2) is 7.26. The summed E-state index contributed by atoms with van der Waals surface area (Å²) in [6.07, 6.45) is 3.50. The lowest BCUT2D eigenvalue weighted by molar-refractivity contribution is -0.132. The fourth-order valence-corrected chi connectivity index (χ4v) is 4.14. The molecule has 2 fully saturated rings. The number of aryl methyl sites for hydroxylation is 1. The topological polar surface area (TPSA) is 65.5 Å². The molecule has 1 saturated carbocycles. The summed E-state index contributed by atoms with van der Waals surface area (Å²) in [5.74, 6) is 0.171. The number of urea groups is 1. The van der Waals surface area contributed by atoms with Gasteiger partial charge in [0.1, 0.15) is 0 Å². The molecule has 2 aliphatic rings. The summed E-state index contributed by atoms with van der Waals surface area (Å²) in [4.78, 5) is 33.3. The van der Waals surface area contributed by atoms with Crippen LogP contribution in [0.2, 0.25) is 0 Å². The Balaban J connectivity index is 1.32. The van der Waals surface area contributed by atoms with Crippen molar-refractivity contribution in [2.75, 3.05) is 25.5 Å². The molecule has 1 spiro atoms. The Hall–Kier alpha value is -2.89. The number of nitrogens with one attached hydrogen (secondary N) is 1. The number of pyridine rings is 1. The molecule has 2 aromatic rings. The van der Waals surface area contributed by atoms with Crippen molar-refractivity contribution in [1.82, 2.24) is 14.8 Å². The first-order valence-electron chi connectivity index (χ1n) is 9.74. The molecular formula is C22H26N4O2. The van der Waals surface area contributed by atoms with Crippen LogP contribution in [-0.4, -0.2) is 46.9 Å². The minimum atomic E-state index is -0.0827. The van der Waals surface area contributed by atoms with Gasteiger partial charge in [-0.25, -0.2) is 4.79 Å². The molecule has 6 nitrogen and oxygen atoms in total. The third kappa shape index (κ3) is 3.72. The molecule has 1 aliphatic carbocycles. The third-order valence-electron chi connectivity index (χ3n) is 5.96. The van der Waals surface area contributed by atoms with Crippen LogP contribution in [0.5, 0.6) is 0 Å². The van der Waals surface area contributed by atoms with Gasteiger partial charge in [-0.05, 0) is 44.0 Å². The van der Waals surface area contributed by atoms with Crippen molar-refractivity contribution >= 4 is 17.6 Å². The highest BCUT2D eigenvalue weighted by Gasteiger charge is 2.61. The lowest BCUT2D eigenvalue weighted by Gasteiger charge is -2.20. The zero-order valence-corrected chi connectivity index (χ0v) is 16.4. The van der Waals surface area contributed by atoms with Crippen LogP contribution in [0, 0.1) is 18.3 Å². The second-order valence-electron chi connectivity index (χ2n) is 8.10. The molecule has 3 amide bonds. The van der Waals surface area contributed by atoms with Crippen molar-refractivity contribution in [3.05, 3.63) is 59.9 Å². The van der Waals surface area contributed by atoms with Gasteiger partial charge in [-0.1, -0.05) is 23.8 Å². The largest absolute Gasteiger partial charge is 0.340 e. The van der Waals surface area contributed by atoms with Crippen molar-refractivity contribution in [3.63, 3.8) is 0 Å². The molecule has 4 rings (SSSR count). The number of rotatable bonds is 4. The summed E-state index contributed by atoms with van der Waals surface area (Å²) in [5, 5.41) is 2.96. The molecule has 6 heteroatoms. The normalized spacial score (nSPS) is 22.9. The summed E-state index contributed by atoms with van der Waals surface area (Å²) in [5.41, 5.74) is 2.81. The SMILES string of the molecule is Cc1ccc(NC(=O)N2CC[C@]3(C[C@@H]3C(=O)N(C)Cc3ccccn3)C2)cc1. The van der Waals surface area contributed by atoms with Gasteiger partial charge in [-0.15, -0.1) is 0 Å². The first-order valence-corrected chi connectivity index (χ1v) is 9.74. The molecule has 1 aromatic heterocycles. The maximum atomic E-state index is 12.8. The maximum Gasteiger partial charge on any atom is 0.321 e. The summed E-state index contributed by atoms with van der Waals surface area (Å²) < 4.78 is 0. The Bertz CT molecular complexity index is 868. The Morgan fingerprint density at radius 3 is 2.75 bits per heavy atom. The number of aromatic nitrogens is 1. The Morgan fingerprint density at radius 1 is 1.25 bits per heavy atom. The van der Waals surface area contributed by atoms with Gasteiger partial charge < -0.3 is 15.1 Å². The zero-order valence-electron chi connectivity index (χ0n) is 16.4. The Morgan fingerprint density at radius 2 is 2.04 bits per heavy atom. The Labute approximate surface area is 165 Å². The molecule has 146 valence electrons. The van der Waals surface area contributed by atoms with E-state index in [0.29, 0.717) is 19.6 Å². The third-order valence-corrected chi connectivity index (χ3v) is 5.96. The number of amides is 3. The van der Waals surface area contributed by atoms with Crippen LogP contribution >= 0.6 is 0 Å². The average Bonchev–Trinajstić information content (AvgIpc) is 3.22. The van der Waals surface area contributed by atoms with E-state index in [4.69, 9.17) is 0 Å². The number of carbonyl (C=O) groups is 2. The minimum Gasteiger partial charge on any atom is -0.340 e. The van der Waals surface area contributed by atoms with Crippen LogP contribution < -0.4 is 5.32 Å². The lowest BCUT2D eigenvalue weighted by atomic mass is 10.0. The molecule has 1 aromatic carbocycles. The van der Waals surface area contributed by atoms with Gasteiger partial charge in [-0.2, -0.15) is 0 Å². The van der Waals surface area contributed by atoms with Crippen LogP contribution in [0.1, 0.15) is 24.1 Å². The van der Waals surface area contributed by atoms with E-state index < -0.39 is 0 Å². The second-order valence-corrected chi connectivity index (χ2v) is 8.10. The molecule has 0 unspecified atom stereocenters. The first kappa shape index (κ1) is 18.5. The Kier molecular flexibility index (Phi) is 4.79. The van der Waals surface area contributed by atoms with Crippen LogP contribution in [0.3, 0.4) is 0 Å². The molecule has 0 bridgehead atoms. The van der Waals surface area contributed by atoms with Crippen molar-refractivity contribution in [3.8, 4) is 0 Å². The van der Waals surface area contributed by atoms with Crippen LogP contribution in [0.15, 0.2) is 48.7 Å². The van der Waals surface area contributed by atoms with Gasteiger partial charge in [-0.3, -0.25) is 9.78 Å². The number of hydrogen-bond acceptors (Lipinski definition) is 3. The monoisotopic (exact) mass is 378 g/mol. The zero-order chi connectivity index (χ0) is 19.7. The minimum absolute atomic E-state index is 0.0124.